The van der Waals surface area contributed by atoms with Crippen molar-refractivity contribution in [2.24, 2.45) is 7.05 Å². The molecule has 4 heterocycles. The number of carbonyl (C=O) groups is 2. The topological polar surface area (TPSA) is 152 Å². The molecule has 6 rings (SSSR count). The van der Waals surface area contributed by atoms with Gasteiger partial charge in [-0.15, -0.1) is 5.10 Å². The average molecular weight is 718 g/mol. The molecule has 1 saturated heterocycles. The predicted molar refractivity (Wildman–Crippen MR) is 178 cm³/mol. The van der Waals surface area contributed by atoms with Gasteiger partial charge in [0, 0.05) is 46.5 Å². The molecular weight excluding hydrogens is 683 g/mol. The number of fused-ring (bicyclic) bond motifs is 1. The molecule has 2 amide bonds. The van der Waals surface area contributed by atoms with E-state index in [1.54, 1.807) is 16.6 Å². The van der Waals surface area contributed by atoms with Crippen LogP contribution < -0.4 is 21.3 Å². The third-order valence-electron chi connectivity index (χ3n) is 9.07. The summed E-state index contributed by atoms with van der Waals surface area (Å²) < 4.78 is 49.0. The fraction of sp³-hybridized carbons (Fsp3) is 0.438. The highest BCUT2D eigenvalue weighted by Crippen LogP contribution is 2.34. The highest BCUT2D eigenvalue weighted by molar-refractivity contribution is 6.33. The number of H-pyrrole nitrogens is 1. The Morgan fingerprint density at radius 1 is 1.14 bits per heavy atom. The maximum atomic E-state index is 14.2. The van der Waals surface area contributed by atoms with Crippen molar-refractivity contribution in [1.29, 1.82) is 0 Å². The lowest BCUT2D eigenvalue weighted by molar-refractivity contribution is -0.137. The SMILES string of the molecule is CCc1c(N2CCN(C(=O)c3c[nH]n(C)c3=O)CC2)c(=O)n2nc(C3=CCC(OC)CC3)nc2n1CC(=O)Nc1ccc(C(F)(F)F)cc1Cl. The number of nitrogens with zero attached hydrogens (tertiary/aromatic N) is 7. The summed E-state index contributed by atoms with van der Waals surface area (Å²) in [4.78, 5) is 61.3. The minimum Gasteiger partial charge on any atom is -0.381 e. The standard InChI is InChI=1S/C32H35ClF3N9O5/c1-4-24-26(42-11-13-43(14-12-42)29(48)21-16-37-41(2)28(21)47)30(49)45-31(39-27(40-45)18-5-8-20(50-3)9-6-18)44(24)17-25(46)38-23-10-7-19(15-22(23)33)32(34,35)36/h5,7,10,15-16,20,37H,4,6,8-9,11-14,17H2,1-3H3,(H,38,46). The van der Waals surface area contributed by atoms with Crippen molar-refractivity contribution >= 4 is 46.1 Å². The van der Waals surface area contributed by atoms with Crippen molar-refractivity contribution in [2.45, 2.75) is 51.4 Å². The number of ether oxygens (including phenoxy) is 1. The fourth-order valence-electron chi connectivity index (χ4n) is 6.34. The van der Waals surface area contributed by atoms with Gasteiger partial charge in [-0.1, -0.05) is 24.6 Å². The highest BCUT2D eigenvalue weighted by atomic mass is 35.5. The fourth-order valence-corrected chi connectivity index (χ4v) is 6.57. The van der Waals surface area contributed by atoms with Crippen molar-refractivity contribution in [3.05, 3.63) is 78.8 Å². The lowest BCUT2D eigenvalue weighted by atomic mass is 9.97. The molecule has 50 heavy (non-hydrogen) atoms. The van der Waals surface area contributed by atoms with Crippen LogP contribution in [0.3, 0.4) is 0 Å². The molecular formula is C32H35ClF3N9O5. The number of hydrogen-bond donors (Lipinski definition) is 2. The predicted octanol–water partition coefficient (Wildman–Crippen LogP) is 3.34. The van der Waals surface area contributed by atoms with Crippen molar-refractivity contribution in [3.8, 4) is 0 Å². The van der Waals surface area contributed by atoms with Crippen LogP contribution in [0.4, 0.5) is 24.5 Å². The average Bonchev–Trinajstić information content (AvgIpc) is 3.69. The Bertz CT molecular complexity index is 2110. The summed E-state index contributed by atoms with van der Waals surface area (Å²) in [5.74, 6) is -0.595. The van der Waals surface area contributed by atoms with Gasteiger partial charge in [-0.2, -0.15) is 22.7 Å². The Morgan fingerprint density at radius 2 is 1.88 bits per heavy atom. The number of halogens is 4. The van der Waals surface area contributed by atoms with Gasteiger partial charge in [0.25, 0.3) is 17.0 Å². The molecule has 3 aromatic heterocycles. The molecule has 1 aromatic carbocycles. The second kappa shape index (κ2) is 13.8. The van der Waals surface area contributed by atoms with Crippen molar-refractivity contribution < 1.29 is 27.5 Å². The van der Waals surface area contributed by atoms with E-state index in [0.717, 1.165) is 34.7 Å². The zero-order chi connectivity index (χ0) is 35.9. The lowest BCUT2D eigenvalue weighted by Gasteiger charge is -2.36. The van der Waals surface area contributed by atoms with Crippen LogP contribution in [0.5, 0.6) is 0 Å². The van der Waals surface area contributed by atoms with Crippen molar-refractivity contribution in [1.82, 2.24) is 33.8 Å². The Labute approximate surface area is 288 Å². The largest absolute Gasteiger partial charge is 0.416 e. The molecule has 4 aromatic rings. The summed E-state index contributed by atoms with van der Waals surface area (Å²) in [6, 6.07) is 2.64. The monoisotopic (exact) mass is 717 g/mol. The minimum absolute atomic E-state index is 0.0136. The van der Waals surface area contributed by atoms with E-state index in [0.29, 0.717) is 30.8 Å². The third-order valence-corrected chi connectivity index (χ3v) is 9.38. The van der Waals surface area contributed by atoms with E-state index in [9.17, 15) is 32.3 Å². The number of carbonyl (C=O) groups excluding carboxylic acids is 2. The van der Waals surface area contributed by atoms with E-state index < -0.39 is 34.7 Å². The second-order valence-corrected chi connectivity index (χ2v) is 12.5. The summed E-state index contributed by atoms with van der Waals surface area (Å²) in [7, 11) is 3.16. The zero-order valence-electron chi connectivity index (χ0n) is 27.5. The Balaban J connectivity index is 1.36. The number of allylic oxidation sites excluding steroid dienone is 1. The molecule has 0 bridgehead atoms. The highest BCUT2D eigenvalue weighted by Gasteiger charge is 2.32. The number of benzene rings is 1. The molecule has 1 aliphatic heterocycles. The number of methoxy groups -OCH3 is 1. The maximum absolute atomic E-state index is 14.2. The molecule has 1 fully saturated rings. The second-order valence-electron chi connectivity index (χ2n) is 12.1. The van der Waals surface area contributed by atoms with Crippen LogP contribution in [0, 0.1) is 0 Å². The van der Waals surface area contributed by atoms with E-state index in [1.165, 1.54) is 17.9 Å². The number of amides is 2. The van der Waals surface area contributed by atoms with E-state index in [1.807, 2.05) is 17.9 Å². The summed E-state index contributed by atoms with van der Waals surface area (Å²) in [6.07, 6.45) is 1.07. The number of aromatic nitrogens is 6. The molecule has 14 nitrogen and oxygen atoms in total. The van der Waals surface area contributed by atoms with Crippen molar-refractivity contribution in [2.75, 3.05) is 43.5 Å². The number of rotatable bonds is 8. The number of alkyl halides is 3. The van der Waals surface area contributed by atoms with Gasteiger partial charge in [0.05, 0.1) is 28.1 Å². The Kier molecular flexibility index (Phi) is 9.63. The van der Waals surface area contributed by atoms with E-state index in [2.05, 4.69) is 15.5 Å². The summed E-state index contributed by atoms with van der Waals surface area (Å²) in [6.45, 7) is 2.40. The zero-order valence-corrected chi connectivity index (χ0v) is 28.3. The molecule has 1 atom stereocenters. The first-order valence-electron chi connectivity index (χ1n) is 16.0. The normalized spacial score (nSPS) is 16.9. The number of aromatic amines is 1. The van der Waals surface area contributed by atoms with Crippen LogP contribution in [-0.4, -0.2) is 85.1 Å². The van der Waals surface area contributed by atoms with Gasteiger partial charge in [-0.25, -0.2) is 0 Å². The van der Waals surface area contributed by atoms with E-state index in [4.69, 9.17) is 21.3 Å². The Hall–Kier alpha value is -4.90. The molecule has 266 valence electrons. The smallest absolute Gasteiger partial charge is 0.381 e. The summed E-state index contributed by atoms with van der Waals surface area (Å²) in [5, 5.41) is 9.58. The van der Waals surface area contributed by atoms with Gasteiger partial charge < -0.3 is 29.5 Å². The number of aryl methyl sites for hydroxylation is 1. The Morgan fingerprint density at radius 3 is 2.46 bits per heavy atom. The number of hydrogen-bond acceptors (Lipinski definition) is 8. The van der Waals surface area contributed by atoms with Crippen LogP contribution in [0.1, 0.15) is 53.6 Å². The van der Waals surface area contributed by atoms with Gasteiger partial charge in [0.1, 0.15) is 17.8 Å². The van der Waals surface area contributed by atoms with Gasteiger partial charge in [-0.3, -0.25) is 23.9 Å². The van der Waals surface area contributed by atoms with Crippen LogP contribution in [0.25, 0.3) is 11.4 Å². The number of anilines is 2. The van der Waals surface area contributed by atoms with Gasteiger partial charge >= 0.3 is 6.18 Å². The third kappa shape index (κ3) is 6.66. The minimum atomic E-state index is -4.61. The molecule has 0 saturated carbocycles. The molecule has 1 unspecified atom stereocenters. The quantitative estimate of drug-likeness (QED) is 0.282. The number of nitrogens with one attached hydrogen (secondary N) is 2. The van der Waals surface area contributed by atoms with Gasteiger partial charge in [0.15, 0.2) is 5.82 Å². The van der Waals surface area contributed by atoms with Crippen LogP contribution in [-0.2, 0) is 35.7 Å². The summed E-state index contributed by atoms with van der Waals surface area (Å²) in [5.41, 5.74) is -0.266. The molecule has 2 aliphatic rings. The first-order valence-corrected chi connectivity index (χ1v) is 16.4. The van der Waals surface area contributed by atoms with Gasteiger partial charge in [-0.05, 0) is 49.5 Å². The first kappa shape index (κ1) is 34.9. The first-order chi connectivity index (χ1) is 23.8. The van der Waals surface area contributed by atoms with Crippen LogP contribution in [0.2, 0.25) is 5.02 Å². The molecule has 0 spiro atoms. The summed E-state index contributed by atoms with van der Waals surface area (Å²) >= 11 is 6.12. The van der Waals surface area contributed by atoms with Crippen LogP contribution in [0.15, 0.2) is 40.1 Å². The molecule has 18 heteroatoms. The van der Waals surface area contributed by atoms with Crippen LogP contribution >= 0.6 is 11.6 Å². The van der Waals surface area contributed by atoms with E-state index in [-0.39, 0.29) is 66.6 Å². The number of piperazine rings is 1. The molecule has 1 aliphatic carbocycles. The molecule has 0 radical (unpaired) electrons. The van der Waals surface area contributed by atoms with E-state index >= 15 is 0 Å². The van der Waals surface area contributed by atoms with Crippen molar-refractivity contribution in [3.63, 3.8) is 0 Å². The molecule has 2 N–H and O–H groups in total. The van der Waals surface area contributed by atoms with Gasteiger partial charge in [0.2, 0.25) is 11.7 Å². The lowest BCUT2D eigenvalue weighted by Crippen LogP contribution is -2.51. The maximum Gasteiger partial charge on any atom is 0.416 e.